The number of rotatable bonds is 8. The maximum atomic E-state index is 11.2. The number of nitrogens with zero attached hydrogens (tertiary/aromatic N) is 1. The van der Waals surface area contributed by atoms with Gasteiger partial charge in [-0.2, -0.15) is 0 Å². The highest BCUT2D eigenvalue weighted by molar-refractivity contribution is 7.90. The highest BCUT2D eigenvalue weighted by Gasteiger charge is 2.47. The summed E-state index contributed by atoms with van der Waals surface area (Å²) in [5, 5.41) is 0. The molecule has 1 saturated carbocycles. The summed E-state index contributed by atoms with van der Waals surface area (Å²) in [5.74, 6) is 0.707. The molecule has 0 aromatic heterocycles. The lowest BCUT2D eigenvalue weighted by molar-refractivity contribution is 0.0185. The molecule has 0 amide bonds. The van der Waals surface area contributed by atoms with Gasteiger partial charge in [0, 0.05) is 26.5 Å². The minimum atomic E-state index is -2.93. The molecule has 2 N–H and O–H groups in total. The third-order valence-corrected chi connectivity index (χ3v) is 4.57. The molecule has 0 aromatic rings. The van der Waals surface area contributed by atoms with Gasteiger partial charge in [0.15, 0.2) is 0 Å². The lowest BCUT2D eigenvalue weighted by Crippen LogP contribution is -2.58. The smallest absolute Gasteiger partial charge is 0.148 e. The molecule has 1 fully saturated rings. The standard InChI is InChI=1S/C11H24N2O3S/c1-13(6-7-17(3,14)15)11(8-12,9-16-2)10-4-5-10/h10H,4-9,12H2,1-3H3. The summed E-state index contributed by atoms with van der Waals surface area (Å²) in [6.07, 6.45) is 3.58. The molecule has 6 heteroatoms. The van der Waals surface area contributed by atoms with Crippen molar-refractivity contribution in [1.29, 1.82) is 0 Å². The van der Waals surface area contributed by atoms with Gasteiger partial charge in [0.25, 0.3) is 0 Å². The molecule has 1 rings (SSSR count). The minimum absolute atomic E-state index is 0.168. The first-order valence-corrected chi connectivity index (χ1v) is 8.00. The van der Waals surface area contributed by atoms with Gasteiger partial charge in [-0.25, -0.2) is 8.42 Å². The van der Waals surface area contributed by atoms with Crippen molar-refractivity contribution in [3.05, 3.63) is 0 Å². The summed E-state index contributed by atoms with van der Waals surface area (Å²) < 4.78 is 27.7. The number of hydrogen-bond acceptors (Lipinski definition) is 5. The van der Waals surface area contributed by atoms with Crippen LogP contribution in [-0.4, -0.2) is 64.7 Å². The van der Waals surface area contributed by atoms with E-state index in [4.69, 9.17) is 10.5 Å². The van der Waals surface area contributed by atoms with Crippen LogP contribution in [0.3, 0.4) is 0 Å². The second-order valence-electron chi connectivity index (χ2n) is 5.07. The average molecular weight is 264 g/mol. The summed E-state index contributed by atoms with van der Waals surface area (Å²) in [6.45, 7) is 1.58. The molecule has 0 bridgehead atoms. The number of sulfone groups is 1. The van der Waals surface area contributed by atoms with E-state index in [-0.39, 0.29) is 11.3 Å². The average Bonchev–Trinajstić information content (AvgIpc) is 3.05. The number of nitrogens with two attached hydrogens (primary N) is 1. The highest BCUT2D eigenvalue weighted by atomic mass is 32.2. The van der Waals surface area contributed by atoms with Gasteiger partial charge in [0.1, 0.15) is 9.84 Å². The van der Waals surface area contributed by atoms with Crippen LogP contribution in [-0.2, 0) is 14.6 Å². The van der Waals surface area contributed by atoms with E-state index < -0.39 is 9.84 Å². The predicted octanol–water partition coefficient (Wildman–Crippen LogP) is -0.283. The molecule has 102 valence electrons. The number of hydrogen-bond donors (Lipinski definition) is 1. The van der Waals surface area contributed by atoms with Gasteiger partial charge in [-0.3, -0.25) is 4.90 Å². The molecule has 0 aliphatic heterocycles. The van der Waals surface area contributed by atoms with Crippen LogP contribution in [0, 0.1) is 5.92 Å². The van der Waals surface area contributed by atoms with Crippen LogP contribution in [0.4, 0.5) is 0 Å². The Balaban J connectivity index is 2.68. The fourth-order valence-electron chi connectivity index (χ4n) is 2.32. The Morgan fingerprint density at radius 1 is 1.47 bits per heavy atom. The number of ether oxygens (including phenoxy) is 1. The first-order chi connectivity index (χ1) is 7.85. The fraction of sp³-hybridized carbons (Fsp3) is 1.00. The topological polar surface area (TPSA) is 72.6 Å². The minimum Gasteiger partial charge on any atom is -0.383 e. The second kappa shape index (κ2) is 5.65. The van der Waals surface area contributed by atoms with Crippen LogP contribution < -0.4 is 5.73 Å². The van der Waals surface area contributed by atoms with Crippen molar-refractivity contribution in [3.63, 3.8) is 0 Å². The number of likely N-dealkylation sites (N-methyl/N-ethyl adjacent to an activating group) is 1. The first kappa shape index (κ1) is 14.9. The molecule has 1 aliphatic rings. The molecule has 0 spiro atoms. The highest BCUT2D eigenvalue weighted by Crippen LogP contribution is 2.42. The molecule has 1 aliphatic carbocycles. The van der Waals surface area contributed by atoms with Crippen LogP contribution in [0.2, 0.25) is 0 Å². The summed E-state index contributed by atoms with van der Waals surface area (Å²) >= 11 is 0. The maximum absolute atomic E-state index is 11.2. The van der Waals surface area contributed by atoms with Crippen molar-refractivity contribution >= 4 is 9.84 Å². The fourth-order valence-corrected chi connectivity index (χ4v) is 2.92. The second-order valence-corrected chi connectivity index (χ2v) is 7.33. The van der Waals surface area contributed by atoms with Gasteiger partial charge in [-0.05, 0) is 25.8 Å². The van der Waals surface area contributed by atoms with E-state index in [0.29, 0.717) is 25.6 Å². The monoisotopic (exact) mass is 264 g/mol. The summed E-state index contributed by atoms with van der Waals surface area (Å²) in [5.41, 5.74) is 5.71. The van der Waals surface area contributed by atoms with Crippen molar-refractivity contribution in [2.75, 3.05) is 45.9 Å². The molecular weight excluding hydrogens is 240 g/mol. The largest absolute Gasteiger partial charge is 0.383 e. The molecule has 0 radical (unpaired) electrons. The van der Waals surface area contributed by atoms with E-state index in [0.717, 1.165) is 12.8 Å². The van der Waals surface area contributed by atoms with Crippen LogP contribution in [0.25, 0.3) is 0 Å². The van der Waals surface area contributed by atoms with E-state index in [1.54, 1.807) is 7.11 Å². The molecule has 17 heavy (non-hydrogen) atoms. The third-order valence-electron chi connectivity index (χ3n) is 3.64. The molecule has 0 aromatic carbocycles. The lowest BCUT2D eigenvalue weighted by Gasteiger charge is -2.41. The Kier molecular flexibility index (Phi) is 4.95. The van der Waals surface area contributed by atoms with Gasteiger partial charge in [-0.15, -0.1) is 0 Å². The predicted molar refractivity (Wildman–Crippen MR) is 68.7 cm³/mol. The molecule has 5 nitrogen and oxygen atoms in total. The van der Waals surface area contributed by atoms with Gasteiger partial charge in [-0.1, -0.05) is 0 Å². The van der Waals surface area contributed by atoms with E-state index in [2.05, 4.69) is 4.90 Å². The molecule has 0 heterocycles. The Labute approximate surface area is 104 Å². The van der Waals surface area contributed by atoms with Crippen LogP contribution >= 0.6 is 0 Å². The van der Waals surface area contributed by atoms with Gasteiger partial charge < -0.3 is 10.5 Å². The summed E-state index contributed by atoms with van der Waals surface area (Å²) in [6, 6.07) is 0. The van der Waals surface area contributed by atoms with Crippen molar-refractivity contribution in [1.82, 2.24) is 4.90 Å². The van der Waals surface area contributed by atoms with Gasteiger partial charge >= 0.3 is 0 Å². The van der Waals surface area contributed by atoms with Gasteiger partial charge in [0.05, 0.1) is 17.9 Å². The normalized spacial score (nSPS) is 20.5. The lowest BCUT2D eigenvalue weighted by atomic mass is 9.92. The van der Waals surface area contributed by atoms with Crippen molar-refractivity contribution in [3.8, 4) is 0 Å². The SMILES string of the molecule is COCC(CN)(C1CC1)N(C)CCS(C)(=O)=O. The van der Waals surface area contributed by atoms with E-state index >= 15 is 0 Å². The Bertz CT molecular complexity index is 341. The molecule has 1 unspecified atom stereocenters. The van der Waals surface area contributed by atoms with Gasteiger partial charge in [0.2, 0.25) is 0 Å². The quantitative estimate of drug-likeness (QED) is 0.652. The van der Waals surface area contributed by atoms with Crippen LogP contribution in [0.5, 0.6) is 0 Å². The molecule has 1 atom stereocenters. The van der Waals surface area contributed by atoms with Crippen LogP contribution in [0.1, 0.15) is 12.8 Å². The molecule has 0 saturated heterocycles. The maximum Gasteiger partial charge on any atom is 0.148 e. The van der Waals surface area contributed by atoms with Crippen molar-refractivity contribution in [2.24, 2.45) is 11.7 Å². The Morgan fingerprint density at radius 3 is 2.41 bits per heavy atom. The zero-order valence-electron chi connectivity index (χ0n) is 11.0. The Hall–Kier alpha value is -0.170. The Morgan fingerprint density at radius 2 is 2.06 bits per heavy atom. The molecular formula is C11H24N2O3S. The summed E-state index contributed by atoms with van der Waals surface area (Å²) in [7, 11) is 0.673. The van der Waals surface area contributed by atoms with E-state index in [1.165, 1.54) is 6.26 Å². The van der Waals surface area contributed by atoms with Crippen molar-refractivity contribution < 1.29 is 13.2 Å². The van der Waals surface area contributed by atoms with E-state index in [1.807, 2.05) is 7.05 Å². The number of methoxy groups -OCH3 is 1. The first-order valence-electron chi connectivity index (χ1n) is 5.93. The van der Waals surface area contributed by atoms with Crippen molar-refractivity contribution in [2.45, 2.75) is 18.4 Å². The summed E-state index contributed by atoms with van der Waals surface area (Å²) in [4.78, 5) is 2.06. The van der Waals surface area contributed by atoms with E-state index in [9.17, 15) is 8.42 Å². The zero-order valence-corrected chi connectivity index (χ0v) is 11.8. The zero-order chi connectivity index (χ0) is 13.1. The van der Waals surface area contributed by atoms with Crippen LogP contribution in [0.15, 0.2) is 0 Å². The third kappa shape index (κ3) is 3.91.